The number of aromatic nitrogens is 2. The average Bonchev–Trinajstić information content (AvgIpc) is 2.83. The summed E-state index contributed by atoms with van der Waals surface area (Å²) < 4.78 is 1.75. The molecule has 1 aliphatic rings. The van der Waals surface area contributed by atoms with E-state index in [-0.39, 0.29) is 0 Å². The van der Waals surface area contributed by atoms with Crippen molar-refractivity contribution in [2.24, 2.45) is 18.9 Å². The van der Waals surface area contributed by atoms with E-state index >= 15 is 0 Å². The van der Waals surface area contributed by atoms with E-state index in [0.717, 1.165) is 29.2 Å². The molecule has 16 heavy (non-hydrogen) atoms. The van der Waals surface area contributed by atoms with E-state index in [0.29, 0.717) is 0 Å². The lowest BCUT2D eigenvalue weighted by molar-refractivity contribution is 0.307. The number of halogens is 1. The van der Waals surface area contributed by atoms with Crippen molar-refractivity contribution in [2.45, 2.75) is 26.8 Å². The molecule has 0 amide bonds. The van der Waals surface area contributed by atoms with Gasteiger partial charge in [-0.25, -0.2) is 0 Å². The van der Waals surface area contributed by atoms with Crippen molar-refractivity contribution in [1.29, 1.82) is 0 Å². The molecule has 0 saturated heterocycles. The van der Waals surface area contributed by atoms with E-state index < -0.39 is 0 Å². The normalized spacial score (nSPS) is 24.1. The third kappa shape index (κ3) is 2.41. The second-order valence-corrected chi connectivity index (χ2v) is 5.51. The minimum absolute atomic E-state index is 0.771. The molecule has 0 aromatic carbocycles. The molecule has 1 saturated carbocycles. The van der Waals surface area contributed by atoms with E-state index in [2.05, 4.69) is 24.0 Å². The van der Waals surface area contributed by atoms with Crippen molar-refractivity contribution in [3.63, 3.8) is 0 Å². The Morgan fingerprint density at radius 1 is 1.56 bits per heavy atom. The molecule has 0 radical (unpaired) electrons. The van der Waals surface area contributed by atoms with Crippen molar-refractivity contribution in [1.82, 2.24) is 14.7 Å². The van der Waals surface area contributed by atoms with Crippen LogP contribution in [-0.4, -0.2) is 28.3 Å². The summed E-state index contributed by atoms with van der Waals surface area (Å²) in [4.78, 5) is 2.35. The van der Waals surface area contributed by atoms with Crippen LogP contribution in [0, 0.1) is 18.8 Å². The molecular formula is C12H20ClN3. The van der Waals surface area contributed by atoms with E-state index in [1.54, 1.807) is 4.68 Å². The SMILES string of the molecule is Cc1nn(C)c(Cl)c1CN(C)CC1CC1C. The third-order valence-corrected chi connectivity index (χ3v) is 3.99. The molecule has 0 N–H and O–H groups in total. The first-order chi connectivity index (χ1) is 7.49. The highest BCUT2D eigenvalue weighted by molar-refractivity contribution is 6.30. The minimum atomic E-state index is 0.771. The Balaban J connectivity index is 1.97. The molecule has 90 valence electrons. The summed E-state index contributed by atoms with van der Waals surface area (Å²) in [5.41, 5.74) is 2.21. The number of rotatable bonds is 4. The molecule has 0 spiro atoms. The van der Waals surface area contributed by atoms with Gasteiger partial charge in [-0.3, -0.25) is 4.68 Å². The summed E-state index contributed by atoms with van der Waals surface area (Å²) in [5, 5.41) is 5.10. The molecule has 1 fully saturated rings. The van der Waals surface area contributed by atoms with Crippen LogP contribution >= 0.6 is 11.6 Å². The van der Waals surface area contributed by atoms with E-state index in [4.69, 9.17) is 11.6 Å². The van der Waals surface area contributed by atoms with Gasteiger partial charge in [0, 0.05) is 25.7 Å². The molecular weight excluding hydrogens is 222 g/mol. The zero-order valence-electron chi connectivity index (χ0n) is 10.5. The molecule has 2 unspecified atom stereocenters. The van der Waals surface area contributed by atoms with Gasteiger partial charge in [0.25, 0.3) is 0 Å². The van der Waals surface area contributed by atoms with Gasteiger partial charge in [-0.15, -0.1) is 0 Å². The highest BCUT2D eigenvalue weighted by atomic mass is 35.5. The maximum atomic E-state index is 6.21. The number of hydrogen-bond acceptors (Lipinski definition) is 2. The van der Waals surface area contributed by atoms with Crippen LogP contribution in [0.2, 0.25) is 5.15 Å². The van der Waals surface area contributed by atoms with Crippen LogP contribution in [0.4, 0.5) is 0 Å². The summed E-state index contributed by atoms with van der Waals surface area (Å²) in [6.07, 6.45) is 1.38. The lowest BCUT2D eigenvalue weighted by atomic mass is 10.2. The van der Waals surface area contributed by atoms with Gasteiger partial charge in [-0.1, -0.05) is 18.5 Å². The van der Waals surface area contributed by atoms with Gasteiger partial charge in [0.15, 0.2) is 0 Å². The van der Waals surface area contributed by atoms with E-state index in [9.17, 15) is 0 Å². The third-order valence-electron chi connectivity index (χ3n) is 3.52. The quantitative estimate of drug-likeness (QED) is 0.808. The number of aryl methyl sites for hydroxylation is 2. The molecule has 1 aliphatic carbocycles. The van der Waals surface area contributed by atoms with Gasteiger partial charge in [-0.2, -0.15) is 5.10 Å². The average molecular weight is 242 g/mol. The van der Waals surface area contributed by atoms with Crippen LogP contribution in [0.1, 0.15) is 24.6 Å². The predicted molar refractivity (Wildman–Crippen MR) is 66.6 cm³/mol. The van der Waals surface area contributed by atoms with Gasteiger partial charge in [-0.05, 0) is 32.2 Å². The van der Waals surface area contributed by atoms with E-state index in [1.807, 2.05) is 14.0 Å². The minimum Gasteiger partial charge on any atom is -0.302 e. The standard InChI is InChI=1S/C12H20ClN3/c1-8-5-10(8)6-15(3)7-11-9(2)14-16(4)12(11)13/h8,10H,5-7H2,1-4H3. The van der Waals surface area contributed by atoms with E-state index in [1.165, 1.54) is 18.5 Å². The van der Waals surface area contributed by atoms with Gasteiger partial charge in [0.1, 0.15) is 5.15 Å². The molecule has 0 aliphatic heterocycles. The highest BCUT2D eigenvalue weighted by Gasteiger charge is 2.33. The van der Waals surface area contributed by atoms with Gasteiger partial charge in [0.2, 0.25) is 0 Å². The van der Waals surface area contributed by atoms with Crippen molar-refractivity contribution >= 4 is 11.6 Å². The lowest BCUT2D eigenvalue weighted by Gasteiger charge is -2.16. The van der Waals surface area contributed by atoms with Crippen LogP contribution in [0.5, 0.6) is 0 Å². The Labute approximate surface area is 102 Å². The van der Waals surface area contributed by atoms with Crippen molar-refractivity contribution in [3.8, 4) is 0 Å². The molecule has 3 nitrogen and oxygen atoms in total. The second-order valence-electron chi connectivity index (χ2n) is 5.15. The van der Waals surface area contributed by atoms with Crippen molar-refractivity contribution < 1.29 is 0 Å². The first-order valence-corrected chi connectivity index (χ1v) is 6.23. The first-order valence-electron chi connectivity index (χ1n) is 5.85. The van der Waals surface area contributed by atoms with Crippen LogP contribution < -0.4 is 0 Å². The molecule has 1 heterocycles. The van der Waals surface area contributed by atoms with Crippen LogP contribution in [0.25, 0.3) is 0 Å². The van der Waals surface area contributed by atoms with Crippen LogP contribution in [0.3, 0.4) is 0 Å². The molecule has 4 heteroatoms. The highest BCUT2D eigenvalue weighted by Crippen LogP contribution is 2.38. The van der Waals surface area contributed by atoms with Gasteiger partial charge in [0.05, 0.1) is 5.69 Å². The van der Waals surface area contributed by atoms with Crippen LogP contribution in [-0.2, 0) is 13.6 Å². The smallest absolute Gasteiger partial charge is 0.131 e. The fourth-order valence-electron chi connectivity index (χ4n) is 2.24. The lowest BCUT2D eigenvalue weighted by Crippen LogP contribution is -2.21. The summed E-state index contributed by atoms with van der Waals surface area (Å²) in [7, 11) is 4.05. The Morgan fingerprint density at radius 3 is 2.62 bits per heavy atom. The maximum Gasteiger partial charge on any atom is 0.131 e. The topological polar surface area (TPSA) is 21.1 Å². The molecule has 1 aromatic rings. The van der Waals surface area contributed by atoms with Gasteiger partial charge >= 0.3 is 0 Å². The van der Waals surface area contributed by atoms with Crippen molar-refractivity contribution in [2.75, 3.05) is 13.6 Å². The van der Waals surface area contributed by atoms with Crippen LogP contribution in [0.15, 0.2) is 0 Å². The first kappa shape index (κ1) is 11.9. The molecule has 2 rings (SSSR count). The Hall–Kier alpha value is -0.540. The molecule has 0 bridgehead atoms. The fourth-order valence-corrected chi connectivity index (χ4v) is 2.48. The van der Waals surface area contributed by atoms with Crippen molar-refractivity contribution in [3.05, 3.63) is 16.4 Å². The molecule has 2 atom stereocenters. The summed E-state index contributed by atoms with van der Waals surface area (Å²) in [5.74, 6) is 1.80. The zero-order valence-corrected chi connectivity index (χ0v) is 11.3. The number of nitrogens with zero attached hydrogens (tertiary/aromatic N) is 3. The Bertz CT molecular complexity index is 386. The number of hydrogen-bond donors (Lipinski definition) is 0. The largest absolute Gasteiger partial charge is 0.302 e. The monoisotopic (exact) mass is 241 g/mol. The maximum absolute atomic E-state index is 6.21. The molecule has 1 aromatic heterocycles. The predicted octanol–water partition coefficient (Wildman–Crippen LogP) is 2.47. The fraction of sp³-hybridized carbons (Fsp3) is 0.750. The second kappa shape index (κ2) is 4.38. The summed E-state index contributed by atoms with van der Waals surface area (Å²) >= 11 is 6.21. The summed E-state index contributed by atoms with van der Waals surface area (Å²) in [6, 6.07) is 0. The Morgan fingerprint density at radius 2 is 2.19 bits per heavy atom. The van der Waals surface area contributed by atoms with Gasteiger partial charge < -0.3 is 4.90 Å². The Kier molecular flexibility index (Phi) is 3.27. The summed E-state index contributed by atoms with van der Waals surface area (Å²) in [6.45, 7) is 6.42. The zero-order chi connectivity index (χ0) is 11.9.